The van der Waals surface area contributed by atoms with Crippen molar-refractivity contribution in [3.8, 4) is 0 Å². The molecule has 25 heavy (non-hydrogen) atoms. The first-order chi connectivity index (χ1) is 12.1. The fourth-order valence-electron chi connectivity index (χ4n) is 4.72. The van der Waals surface area contributed by atoms with Crippen LogP contribution in [0.3, 0.4) is 0 Å². The number of alkyl halides is 1. The van der Waals surface area contributed by atoms with Crippen LogP contribution in [0.25, 0.3) is 0 Å². The maximum Gasteiger partial charge on any atom is 0.302 e. The summed E-state index contributed by atoms with van der Waals surface area (Å²) in [6.45, 7) is 1.42. The van der Waals surface area contributed by atoms with Crippen LogP contribution in [0.2, 0.25) is 0 Å². The van der Waals surface area contributed by atoms with E-state index in [-0.39, 0.29) is 34.5 Å². The van der Waals surface area contributed by atoms with Crippen LogP contribution in [0.4, 0.5) is 0 Å². The lowest BCUT2D eigenvalue weighted by molar-refractivity contribution is -0.146. The van der Waals surface area contributed by atoms with Crippen molar-refractivity contribution in [3.05, 3.63) is 71.8 Å². The SMILES string of the molecule is CC(=O)O[C@@H]1C[C@@H]2C(=O)C(c3ccccc3)(c3ccccc3)[C@@H]2[C@H]1Br. The molecule has 4 atom stereocenters. The van der Waals surface area contributed by atoms with Gasteiger partial charge in [0.05, 0.1) is 10.2 Å². The average Bonchev–Trinajstić information content (AvgIpc) is 2.91. The Morgan fingerprint density at radius 1 is 1.04 bits per heavy atom. The van der Waals surface area contributed by atoms with E-state index >= 15 is 0 Å². The van der Waals surface area contributed by atoms with Gasteiger partial charge in [0, 0.05) is 18.8 Å². The van der Waals surface area contributed by atoms with Gasteiger partial charge in [-0.25, -0.2) is 0 Å². The van der Waals surface area contributed by atoms with Crippen LogP contribution >= 0.6 is 15.9 Å². The van der Waals surface area contributed by atoms with Gasteiger partial charge in [0.1, 0.15) is 6.10 Å². The van der Waals surface area contributed by atoms with Gasteiger partial charge in [0.25, 0.3) is 0 Å². The van der Waals surface area contributed by atoms with Gasteiger partial charge in [-0.05, 0) is 17.5 Å². The summed E-state index contributed by atoms with van der Waals surface area (Å²) in [5.74, 6) is -0.0643. The third kappa shape index (κ3) is 2.30. The Balaban J connectivity index is 1.84. The lowest BCUT2D eigenvalue weighted by Gasteiger charge is -2.52. The summed E-state index contributed by atoms with van der Waals surface area (Å²) in [5, 5.41) is 0. The third-order valence-electron chi connectivity index (χ3n) is 5.62. The van der Waals surface area contributed by atoms with Gasteiger partial charge >= 0.3 is 5.97 Å². The van der Waals surface area contributed by atoms with Crippen molar-refractivity contribution < 1.29 is 14.3 Å². The topological polar surface area (TPSA) is 43.4 Å². The zero-order valence-corrected chi connectivity index (χ0v) is 15.5. The molecule has 2 fully saturated rings. The standard InChI is InChI=1S/C21H19BrO3/c1-13(23)25-17-12-16-18(19(17)22)21(20(16)24,14-8-4-2-5-9-14)15-10-6-3-7-11-15/h2-11,16-19H,12H2,1H3/t16-,17+,18-,19-/m0/s1. The summed E-state index contributed by atoms with van der Waals surface area (Å²) in [4.78, 5) is 24.8. The highest BCUT2D eigenvalue weighted by Crippen LogP contribution is 2.62. The minimum Gasteiger partial charge on any atom is -0.461 e. The van der Waals surface area contributed by atoms with Gasteiger partial charge in [0.15, 0.2) is 5.78 Å². The Morgan fingerprint density at radius 2 is 1.56 bits per heavy atom. The van der Waals surface area contributed by atoms with Crippen molar-refractivity contribution in [1.82, 2.24) is 0 Å². The van der Waals surface area contributed by atoms with Crippen LogP contribution in [-0.2, 0) is 19.7 Å². The molecule has 0 spiro atoms. The number of carbonyl (C=O) groups excluding carboxylic acids is 2. The predicted octanol–water partition coefficient (Wildman–Crippen LogP) is 3.89. The fraction of sp³-hybridized carbons (Fsp3) is 0.333. The molecule has 2 saturated carbocycles. The number of benzene rings is 2. The molecular weight excluding hydrogens is 380 g/mol. The Hall–Kier alpha value is -1.94. The molecular formula is C21H19BrO3. The number of hydrogen-bond donors (Lipinski definition) is 0. The van der Waals surface area contributed by atoms with Crippen LogP contribution in [-0.4, -0.2) is 22.7 Å². The molecule has 2 aliphatic rings. The molecule has 0 aromatic heterocycles. The average molecular weight is 399 g/mol. The number of Topliss-reactive ketones (excluding diaryl/α,β-unsaturated/α-hetero) is 1. The fourth-order valence-corrected chi connectivity index (χ4v) is 5.80. The van der Waals surface area contributed by atoms with E-state index < -0.39 is 5.41 Å². The van der Waals surface area contributed by atoms with Crippen molar-refractivity contribution in [3.63, 3.8) is 0 Å². The van der Waals surface area contributed by atoms with Gasteiger partial charge in [-0.2, -0.15) is 0 Å². The van der Waals surface area contributed by atoms with E-state index in [0.717, 1.165) is 11.1 Å². The Kier molecular flexibility index (Phi) is 4.03. The van der Waals surface area contributed by atoms with E-state index in [9.17, 15) is 9.59 Å². The van der Waals surface area contributed by atoms with Crippen LogP contribution in [0.15, 0.2) is 60.7 Å². The summed E-state index contributed by atoms with van der Waals surface area (Å²) >= 11 is 3.76. The summed E-state index contributed by atoms with van der Waals surface area (Å²) in [5.41, 5.74) is 1.36. The molecule has 0 unspecified atom stereocenters. The van der Waals surface area contributed by atoms with Crippen molar-refractivity contribution in [2.45, 2.75) is 29.7 Å². The number of halogens is 1. The largest absolute Gasteiger partial charge is 0.461 e. The molecule has 0 heterocycles. The molecule has 128 valence electrons. The van der Waals surface area contributed by atoms with Crippen molar-refractivity contribution in [1.29, 1.82) is 0 Å². The number of ether oxygens (including phenoxy) is 1. The summed E-state index contributed by atoms with van der Waals surface area (Å²) < 4.78 is 5.48. The maximum absolute atomic E-state index is 13.4. The van der Waals surface area contributed by atoms with E-state index in [4.69, 9.17) is 4.74 Å². The van der Waals surface area contributed by atoms with Gasteiger partial charge in [-0.1, -0.05) is 76.6 Å². The quantitative estimate of drug-likeness (QED) is 0.581. The lowest BCUT2D eigenvalue weighted by Crippen LogP contribution is -2.61. The van der Waals surface area contributed by atoms with Crippen molar-refractivity contribution in [2.75, 3.05) is 0 Å². The first-order valence-corrected chi connectivity index (χ1v) is 9.45. The number of carbonyl (C=O) groups is 2. The molecule has 0 radical (unpaired) electrons. The Morgan fingerprint density at radius 3 is 2.04 bits per heavy atom. The highest BCUT2D eigenvalue weighted by atomic mass is 79.9. The molecule has 4 heteroatoms. The molecule has 0 N–H and O–H groups in total. The second-order valence-electron chi connectivity index (χ2n) is 6.86. The van der Waals surface area contributed by atoms with Crippen molar-refractivity contribution >= 4 is 27.7 Å². The van der Waals surface area contributed by atoms with E-state index in [1.165, 1.54) is 6.92 Å². The number of rotatable bonds is 3. The van der Waals surface area contributed by atoms with Crippen LogP contribution in [0, 0.1) is 11.8 Å². The summed E-state index contributed by atoms with van der Waals surface area (Å²) in [6.07, 6.45) is 0.339. The molecule has 4 rings (SSSR count). The summed E-state index contributed by atoms with van der Waals surface area (Å²) in [7, 11) is 0. The predicted molar refractivity (Wildman–Crippen MR) is 98.5 cm³/mol. The number of ketones is 1. The normalized spacial score (nSPS) is 29.6. The minimum atomic E-state index is -0.670. The first kappa shape index (κ1) is 16.5. The second kappa shape index (κ2) is 6.10. The van der Waals surface area contributed by atoms with Gasteiger partial charge < -0.3 is 4.74 Å². The van der Waals surface area contributed by atoms with E-state index in [2.05, 4.69) is 15.9 Å². The number of esters is 1. The molecule has 2 aliphatic carbocycles. The van der Waals surface area contributed by atoms with Gasteiger partial charge in [-0.3, -0.25) is 9.59 Å². The Labute approximate surface area is 155 Å². The van der Waals surface area contributed by atoms with Crippen molar-refractivity contribution in [2.24, 2.45) is 11.8 Å². The minimum absolute atomic E-state index is 0.0421. The lowest BCUT2D eigenvalue weighted by atomic mass is 9.48. The van der Waals surface area contributed by atoms with E-state index in [0.29, 0.717) is 6.42 Å². The molecule has 0 aliphatic heterocycles. The van der Waals surface area contributed by atoms with Gasteiger partial charge in [0.2, 0.25) is 0 Å². The first-order valence-electron chi connectivity index (χ1n) is 8.53. The molecule has 0 bridgehead atoms. The number of hydrogen-bond acceptors (Lipinski definition) is 3. The molecule has 0 saturated heterocycles. The van der Waals surface area contributed by atoms with Gasteiger partial charge in [-0.15, -0.1) is 0 Å². The zero-order valence-electron chi connectivity index (χ0n) is 13.9. The third-order valence-corrected chi connectivity index (χ3v) is 6.78. The summed E-state index contributed by atoms with van der Waals surface area (Å²) in [6, 6.07) is 19.9. The highest BCUT2D eigenvalue weighted by molar-refractivity contribution is 9.09. The zero-order chi connectivity index (χ0) is 17.6. The van der Waals surface area contributed by atoms with E-state index in [1.54, 1.807) is 0 Å². The number of fused-ring (bicyclic) bond motifs is 1. The van der Waals surface area contributed by atoms with E-state index in [1.807, 2.05) is 60.7 Å². The van der Waals surface area contributed by atoms with Crippen LogP contribution in [0.1, 0.15) is 24.5 Å². The van der Waals surface area contributed by atoms with Crippen LogP contribution in [0.5, 0.6) is 0 Å². The van der Waals surface area contributed by atoms with Crippen LogP contribution < -0.4 is 0 Å². The molecule has 3 nitrogen and oxygen atoms in total. The smallest absolute Gasteiger partial charge is 0.302 e. The molecule has 0 amide bonds. The molecule has 2 aromatic rings. The Bertz CT molecular complexity index is 763. The monoisotopic (exact) mass is 398 g/mol. The maximum atomic E-state index is 13.4. The second-order valence-corrected chi connectivity index (χ2v) is 7.92. The highest BCUT2D eigenvalue weighted by Gasteiger charge is 2.70. The molecule has 2 aromatic carbocycles.